The van der Waals surface area contributed by atoms with Crippen LogP contribution in [0.5, 0.6) is 5.75 Å². The lowest BCUT2D eigenvalue weighted by molar-refractivity contribution is 0.0530. The van der Waals surface area contributed by atoms with Crippen LogP contribution < -0.4 is 15.8 Å². The quantitative estimate of drug-likeness (QED) is 0.628. The van der Waals surface area contributed by atoms with Crippen LogP contribution in [-0.4, -0.2) is 32.3 Å². The van der Waals surface area contributed by atoms with Crippen LogP contribution in [0.4, 0.5) is 4.39 Å². The maximum Gasteiger partial charge on any atom is 0.189 e. The zero-order valence-corrected chi connectivity index (χ0v) is 15.9. The lowest BCUT2D eigenvalue weighted by Crippen LogP contribution is -2.41. The summed E-state index contributed by atoms with van der Waals surface area (Å²) < 4.78 is 25.1. The Balaban J connectivity index is 1.51. The Morgan fingerprint density at radius 1 is 1.14 bits per heavy atom. The van der Waals surface area contributed by atoms with Gasteiger partial charge >= 0.3 is 0 Å². The maximum atomic E-state index is 13.8. The molecule has 1 unspecified atom stereocenters. The summed E-state index contributed by atoms with van der Waals surface area (Å²) in [4.78, 5) is 4.66. The molecule has 2 aromatic rings. The predicted molar refractivity (Wildman–Crippen MR) is 107 cm³/mol. The van der Waals surface area contributed by atoms with Gasteiger partial charge in [0, 0.05) is 30.6 Å². The molecule has 0 radical (unpaired) electrons. The number of nitrogens with two attached hydrogens (primary N) is 1. The van der Waals surface area contributed by atoms with Crippen LogP contribution in [0.2, 0.25) is 0 Å². The van der Waals surface area contributed by atoms with Crippen molar-refractivity contribution in [2.24, 2.45) is 10.7 Å². The average Bonchev–Trinajstić information content (AvgIpc) is 2.73. The first kappa shape index (κ1) is 18.7. The molecule has 0 aliphatic carbocycles. The number of nitrogens with zero attached hydrogens (tertiary/aromatic N) is 1. The topological polar surface area (TPSA) is 68.9 Å². The molecule has 2 aliphatic heterocycles. The smallest absolute Gasteiger partial charge is 0.189 e. The van der Waals surface area contributed by atoms with Crippen LogP contribution in [-0.2, 0) is 10.2 Å². The van der Waals surface area contributed by atoms with Crippen molar-refractivity contribution in [3.8, 4) is 5.75 Å². The van der Waals surface area contributed by atoms with E-state index in [0.717, 1.165) is 36.1 Å². The largest absolute Gasteiger partial charge is 0.493 e. The van der Waals surface area contributed by atoms with Crippen LogP contribution in [0.15, 0.2) is 53.5 Å². The van der Waals surface area contributed by atoms with E-state index in [1.54, 1.807) is 12.1 Å². The van der Waals surface area contributed by atoms with Crippen molar-refractivity contribution in [1.82, 2.24) is 5.32 Å². The normalized spacial score (nSPS) is 21.5. The highest BCUT2D eigenvalue weighted by atomic mass is 19.1. The average molecular weight is 383 g/mol. The minimum absolute atomic E-state index is 0.0773. The number of para-hydroxylation sites is 1. The highest BCUT2D eigenvalue weighted by Crippen LogP contribution is 2.36. The molecule has 5 nitrogen and oxygen atoms in total. The van der Waals surface area contributed by atoms with Gasteiger partial charge in [0.05, 0.1) is 19.2 Å². The van der Waals surface area contributed by atoms with E-state index in [4.69, 9.17) is 15.2 Å². The number of ether oxygens (including phenoxy) is 2. The number of nitrogens with one attached hydrogen (secondary N) is 1. The molecule has 4 rings (SSSR count). The second-order valence-electron chi connectivity index (χ2n) is 7.48. The van der Waals surface area contributed by atoms with Gasteiger partial charge in [0.2, 0.25) is 0 Å². The minimum atomic E-state index is -0.250. The van der Waals surface area contributed by atoms with Gasteiger partial charge in [0.25, 0.3) is 0 Å². The number of aliphatic imine (C=N–C) groups is 1. The van der Waals surface area contributed by atoms with Gasteiger partial charge in [-0.3, -0.25) is 4.99 Å². The zero-order chi connectivity index (χ0) is 19.4. The SMILES string of the molecule is NC(=NCC1(c2cccc(F)c2)CCOCC1)NC1CCOc2ccccc21. The summed E-state index contributed by atoms with van der Waals surface area (Å²) in [6, 6.07) is 14.9. The molecule has 0 spiro atoms. The van der Waals surface area contributed by atoms with Gasteiger partial charge in [0.15, 0.2) is 5.96 Å². The number of benzene rings is 2. The summed E-state index contributed by atoms with van der Waals surface area (Å²) in [5.74, 6) is 1.07. The van der Waals surface area contributed by atoms with E-state index >= 15 is 0 Å². The van der Waals surface area contributed by atoms with Crippen molar-refractivity contribution in [2.45, 2.75) is 30.7 Å². The fourth-order valence-electron chi connectivity index (χ4n) is 4.07. The van der Waals surface area contributed by atoms with E-state index in [-0.39, 0.29) is 17.3 Å². The number of fused-ring (bicyclic) bond motifs is 1. The molecule has 0 aromatic heterocycles. The van der Waals surface area contributed by atoms with Gasteiger partial charge in [0.1, 0.15) is 11.6 Å². The van der Waals surface area contributed by atoms with Gasteiger partial charge in [-0.1, -0.05) is 30.3 Å². The lowest BCUT2D eigenvalue weighted by atomic mass is 9.74. The Labute approximate surface area is 164 Å². The van der Waals surface area contributed by atoms with Crippen molar-refractivity contribution >= 4 is 5.96 Å². The van der Waals surface area contributed by atoms with Gasteiger partial charge < -0.3 is 20.5 Å². The molecule has 2 heterocycles. The number of guanidine groups is 1. The lowest BCUT2D eigenvalue weighted by Gasteiger charge is -2.36. The van der Waals surface area contributed by atoms with Crippen molar-refractivity contribution in [1.29, 1.82) is 0 Å². The highest BCUT2D eigenvalue weighted by molar-refractivity contribution is 5.78. The molecule has 148 valence electrons. The monoisotopic (exact) mass is 383 g/mol. The van der Waals surface area contributed by atoms with Crippen LogP contribution in [0.1, 0.15) is 36.4 Å². The van der Waals surface area contributed by atoms with E-state index in [1.165, 1.54) is 6.07 Å². The molecule has 1 fully saturated rings. The van der Waals surface area contributed by atoms with Crippen LogP contribution in [0.25, 0.3) is 0 Å². The third-order valence-electron chi connectivity index (χ3n) is 5.72. The second kappa shape index (κ2) is 8.19. The fraction of sp³-hybridized carbons (Fsp3) is 0.409. The third-order valence-corrected chi connectivity index (χ3v) is 5.72. The summed E-state index contributed by atoms with van der Waals surface area (Å²) in [7, 11) is 0. The van der Waals surface area contributed by atoms with Crippen molar-refractivity contribution in [3.05, 3.63) is 65.5 Å². The molecule has 3 N–H and O–H groups in total. The van der Waals surface area contributed by atoms with E-state index in [1.807, 2.05) is 30.3 Å². The van der Waals surface area contributed by atoms with E-state index < -0.39 is 0 Å². The number of hydrogen-bond donors (Lipinski definition) is 2. The first-order valence-corrected chi connectivity index (χ1v) is 9.78. The molecule has 1 saturated heterocycles. The fourth-order valence-corrected chi connectivity index (χ4v) is 4.07. The second-order valence-corrected chi connectivity index (χ2v) is 7.48. The van der Waals surface area contributed by atoms with E-state index in [0.29, 0.717) is 32.3 Å². The molecule has 0 amide bonds. The van der Waals surface area contributed by atoms with E-state index in [9.17, 15) is 4.39 Å². The van der Waals surface area contributed by atoms with Gasteiger partial charge in [-0.25, -0.2) is 4.39 Å². The molecule has 0 saturated carbocycles. The third kappa shape index (κ3) is 3.97. The summed E-state index contributed by atoms with van der Waals surface area (Å²) in [5, 5.41) is 3.34. The number of halogens is 1. The minimum Gasteiger partial charge on any atom is -0.493 e. The first-order valence-electron chi connectivity index (χ1n) is 9.78. The Bertz CT molecular complexity index is 849. The highest BCUT2D eigenvalue weighted by Gasteiger charge is 2.35. The van der Waals surface area contributed by atoms with Crippen LogP contribution in [0.3, 0.4) is 0 Å². The summed E-state index contributed by atoms with van der Waals surface area (Å²) in [6.45, 7) is 2.44. The Hall–Kier alpha value is -2.60. The zero-order valence-electron chi connectivity index (χ0n) is 15.9. The molecule has 2 aliphatic rings. The standard InChI is InChI=1S/C22H26FN3O2/c23-17-5-3-4-16(14-17)22(9-12-27-13-10-22)15-25-21(24)26-19-8-11-28-20-7-2-1-6-18(19)20/h1-7,14,19H,8-13,15H2,(H3,24,25,26). The number of rotatable bonds is 4. The van der Waals surface area contributed by atoms with Gasteiger partial charge in [-0.05, 0) is 36.6 Å². The summed E-state index contributed by atoms with van der Waals surface area (Å²) >= 11 is 0. The predicted octanol–water partition coefficient (Wildman–Crippen LogP) is 3.30. The molecule has 6 heteroatoms. The van der Waals surface area contributed by atoms with Crippen molar-refractivity contribution in [2.75, 3.05) is 26.4 Å². The maximum absolute atomic E-state index is 13.8. The van der Waals surface area contributed by atoms with Crippen molar-refractivity contribution in [3.63, 3.8) is 0 Å². The molecular weight excluding hydrogens is 357 g/mol. The Kier molecular flexibility index (Phi) is 5.48. The molecule has 28 heavy (non-hydrogen) atoms. The van der Waals surface area contributed by atoms with Crippen molar-refractivity contribution < 1.29 is 13.9 Å². The summed E-state index contributed by atoms with van der Waals surface area (Å²) in [5.41, 5.74) is 8.05. The van der Waals surface area contributed by atoms with Crippen LogP contribution in [0, 0.1) is 5.82 Å². The van der Waals surface area contributed by atoms with Gasteiger partial charge in [-0.2, -0.15) is 0 Å². The Morgan fingerprint density at radius 2 is 1.96 bits per heavy atom. The molecular formula is C22H26FN3O2. The first-order chi connectivity index (χ1) is 13.7. The van der Waals surface area contributed by atoms with Gasteiger partial charge in [-0.15, -0.1) is 0 Å². The van der Waals surface area contributed by atoms with Crippen LogP contribution >= 0.6 is 0 Å². The molecule has 0 bridgehead atoms. The number of hydrogen-bond acceptors (Lipinski definition) is 3. The molecule has 2 aromatic carbocycles. The van der Waals surface area contributed by atoms with E-state index in [2.05, 4.69) is 10.3 Å². The Morgan fingerprint density at radius 3 is 2.79 bits per heavy atom. The molecule has 1 atom stereocenters. The summed E-state index contributed by atoms with van der Waals surface area (Å²) in [6.07, 6.45) is 2.43.